The molecule has 0 unspecified atom stereocenters. The van der Waals surface area contributed by atoms with Gasteiger partial charge in [0.1, 0.15) is 0 Å². The first-order chi connectivity index (χ1) is 11.4. The summed E-state index contributed by atoms with van der Waals surface area (Å²) in [7, 11) is 2.82. The lowest BCUT2D eigenvalue weighted by Gasteiger charge is -2.08. The third-order valence-electron chi connectivity index (χ3n) is 3.79. The molecule has 24 heavy (non-hydrogen) atoms. The standard InChI is InChI=1S/C17H14N2O5/c1-19-16(22)11-5-3-9(7-12(11)17(19)23)15(21)18-10-4-6-14(24-2)13(20)8-10/h3-8,20H,1-2H3,(H,18,21). The number of nitrogens with one attached hydrogen (secondary N) is 1. The summed E-state index contributed by atoms with van der Waals surface area (Å²) in [6.07, 6.45) is 0. The molecule has 0 saturated heterocycles. The van der Waals surface area contributed by atoms with Crippen molar-refractivity contribution in [2.24, 2.45) is 0 Å². The van der Waals surface area contributed by atoms with Gasteiger partial charge in [0.15, 0.2) is 11.5 Å². The van der Waals surface area contributed by atoms with Crippen molar-refractivity contribution in [1.29, 1.82) is 0 Å². The number of phenols is 1. The molecule has 0 spiro atoms. The summed E-state index contributed by atoms with van der Waals surface area (Å²) < 4.78 is 4.94. The first-order valence-electron chi connectivity index (χ1n) is 7.07. The Hall–Kier alpha value is -3.35. The van der Waals surface area contributed by atoms with Gasteiger partial charge < -0.3 is 15.2 Å². The highest BCUT2D eigenvalue weighted by Crippen LogP contribution is 2.29. The Morgan fingerprint density at radius 1 is 1.08 bits per heavy atom. The van der Waals surface area contributed by atoms with E-state index in [0.29, 0.717) is 5.69 Å². The molecule has 0 aromatic heterocycles. The number of benzene rings is 2. The summed E-state index contributed by atoms with van der Waals surface area (Å²) in [6.45, 7) is 0. The largest absolute Gasteiger partial charge is 0.504 e. The van der Waals surface area contributed by atoms with Gasteiger partial charge in [-0.15, -0.1) is 0 Å². The molecule has 7 nitrogen and oxygen atoms in total. The van der Waals surface area contributed by atoms with Gasteiger partial charge >= 0.3 is 0 Å². The highest BCUT2D eigenvalue weighted by molar-refractivity contribution is 6.22. The van der Waals surface area contributed by atoms with Crippen LogP contribution in [0.2, 0.25) is 0 Å². The average Bonchev–Trinajstić information content (AvgIpc) is 2.79. The van der Waals surface area contributed by atoms with E-state index in [1.165, 1.54) is 44.5 Å². The minimum atomic E-state index is -0.461. The molecule has 0 saturated carbocycles. The van der Waals surface area contributed by atoms with Gasteiger partial charge in [-0.05, 0) is 30.3 Å². The second-order valence-corrected chi connectivity index (χ2v) is 5.27. The van der Waals surface area contributed by atoms with E-state index in [0.717, 1.165) is 4.90 Å². The van der Waals surface area contributed by atoms with Crippen LogP contribution in [0.5, 0.6) is 11.5 Å². The van der Waals surface area contributed by atoms with Crippen molar-refractivity contribution in [3.05, 3.63) is 53.1 Å². The van der Waals surface area contributed by atoms with Gasteiger partial charge in [0.05, 0.1) is 18.2 Å². The number of rotatable bonds is 3. The molecule has 2 N–H and O–H groups in total. The van der Waals surface area contributed by atoms with Crippen LogP contribution in [0.25, 0.3) is 0 Å². The maximum absolute atomic E-state index is 12.3. The fourth-order valence-corrected chi connectivity index (χ4v) is 2.47. The molecule has 2 aromatic rings. The van der Waals surface area contributed by atoms with Crippen molar-refractivity contribution in [2.75, 3.05) is 19.5 Å². The van der Waals surface area contributed by atoms with Crippen molar-refractivity contribution >= 4 is 23.4 Å². The Kier molecular flexibility index (Phi) is 3.69. The van der Waals surface area contributed by atoms with E-state index in [9.17, 15) is 19.5 Å². The van der Waals surface area contributed by atoms with Crippen LogP contribution in [0.4, 0.5) is 5.69 Å². The smallest absolute Gasteiger partial charge is 0.261 e. The van der Waals surface area contributed by atoms with Gasteiger partial charge in [0.25, 0.3) is 17.7 Å². The molecule has 2 aromatic carbocycles. The van der Waals surface area contributed by atoms with Crippen molar-refractivity contribution in [2.45, 2.75) is 0 Å². The van der Waals surface area contributed by atoms with Crippen LogP contribution >= 0.6 is 0 Å². The number of phenolic OH excluding ortho intramolecular Hbond substituents is 1. The second kappa shape index (κ2) is 5.69. The van der Waals surface area contributed by atoms with E-state index in [4.69, 9.17) is 4.74 Å². The molecule has 0 atom stereocenters. The Morgan fingerprint density at radius 2 is 1.79 bits per heavy atom. The molecule has 3 rings (SSSR count). The van der Waals surface area contributed by atoms with Gasteiger partial charge in [-0.25, -0.2) is 0 Å². The molecule has 0 fully saturated rings. The lowest BCUT2D eigenvalue weighted by molar-refractivity contribution is 0.0693. The predicted molar refractivity (Wildman–Crippen MR) is 85.5 cm³/mol. The third kappa shape index (κ3) is 2.45. The molecular formula is C17H14N2O5. The Labute approximate surface area is 137 Å². The van der Waals surface area contributed by atoms with Gasteiger partial charge in [-0.1, -0.05) is 0 Å². The minimum Gasteiger partial charge on any atom is -0.504 e. The highest BCUT2D eigenvalue weighted by atomic mass is 16.5. The summed E-state index contributed by atoms with van der Waals surface area (Å²) >= 11 is 0. The van der Waals surface area contributed by atoms with E-state index >= 15 is 0 Å². The van der Waals surface area contributed by atoms with Crippen LogP contribution in [0.3, 0.4) is 0 Å². The van der Waals surface area contributed by atoms with Crippen LogP contribution in [-0.4, -0.2) is 41.9 Å². The van der Waals surface area contributed by atoms with Crippen molar-refractivity contribution in [3.63, 3.8) is 0 Å². The number of methoxy groups -OCH3 is 1. The van der Waals surface area contributed by atoms with Crippen molar-refractivity contribution < 1.29 is 24.2 Å². The molecular weight excluding hydrogens is 312 g/mol. The van der Waals surface area contributed by atoms with E-state index < -0.39 is 11.8 Å². The first-order valence-corrected chi connectivity index (χ1v) is 7.07. The predicted octanol–water partition coefficient (Wildman–Crippen LogP) is 1.88. The van der Waals surface area contributed by atoms with Crippen molar-refractivity contribution in [3.8, 4) is 11.5 Å². The lowest BCUT2D eigenvalue weighted by atomic mass is 10.1. The summed E-state index contributed by atoms with van der Waals surface area (Å²) in [6, 6.07) is 8.77. The monoisotopic (exact) mass is 326 g/mol. The number of ether oxygens (including phenoxy) is 1. The number of aromatic hydroxyl groups is 1. The maximum Gasteiger partial charge on any atom is 0.261 e. The summed E-state index contributed by atoms with van der Waals surface area (Å²) in [5, 5.41) is 12.3. The number of imide groups is 1. The van der Waals surface area contributed by atoms with Crippen LogP contribution in [-0.2, 0) is 0 Å². The zero-order valence-electron chi connectivity index (χ0n) is 13.0. The molecule has 1 aliphatic heterocycles. The van der Waals surface area contributed by atoms with E-state index in [1.807, 2.05) is 0 Å². The normalized spacial score (nSPS) is 13.0. The number of amides is 3. The van der Waals surface area contributed by atoms with E-state index in [-0.39, 0.29) is 34.1 Å². The zero-order chi connectivity index (χ0) is 17.4. The fraction of sp³-hybridized carbons (Fsp3) is 0.118. The molecule has 1 aliphatic rings. The van der Waals surface area contributed by atoms with Gasteiger partial charge in [0.2, 0.25) is 0 Å². The molecule has 1 heterocycles. The molecule has 122 valence electrons. The van der Waals surface area contributed by atoms with Gasteiger partial charge in [-0.3, -0.25) is 19.3 Å². The van der Waals surface area contributed by atoms with Crippen LogP contribution in [0.1, 0.15) is 31.1 Å². The van der Waals surface area contributed by atoms with Gasteiger partial charge in [0, 0.05) is 24.4 Å². The minimum absolute atomic E-state index is 0.105. The van der Waals surface area contributed by atoms with E-state index in [2.05, 4.69) is 5.32 Å². The topological polar surface area (TPSA) is 95.9 Å². The van der Waals surface area contributed by atoms with Gasteiger partial charge in [-0.2, -0.15) is 0 Å². The molecule has 0 bridgehead atoms. The number of hydrogen-bond acceptors (Lipinski definition) is 5. The summed E-state index contributed by atoms with van der Waals surface area (Å²) in [4.78, 5) is 37.1. The number of hydrogen-bond donors (Lipinski definition) is 2. The summed E-state index contributed by atoms with van der Waals surface area (Å²) in [5.74, 6) is -1.10. The average molecular weight is 326 g/mol. The molecule has 3 amide bonds. The Balaban J connectivity index is 1.86. The number of anilines is 1. The quantitative estimate of drug-likeness (QED) is 0.840. The van der Waals surface area contributed by atoms with E-state index in [1.54, 1.807) is 6.07 Å². The lowest BCUT2D eigenvalue weighted by Crippen LogP contribution is -2.24. The molecule has 7 heteroatoms. The number of carbonyl (C=O) groups excluding carboxylic acids is 3. The zero-order valence-corrected chi connectivity index (χ0v) is 13.0. The SMILES string of the molecule is COc1ccc(NC(=O)c2ccc3c(c2)C(=O)N(C)C3=O)cc1O. The maximum atomic E-state index is 12.3. The number of nitrogens with zero attached hydrogens (tertiary/aromatic N) is 1. The number of fused-ring (bicyclic) bond motifs is 1. The Morgan fingerprint density at radius 3 is 2.46 bits per heavy atom. The second-order valence-electron chi connectivity index (χ2n) is 5.27. The van der Waals surface area contributed by atoms with Crippen LogP contribution in [0, 0.1) is 0 Å². The van der Waals surface area contributed by atoms with Crippen LogP contribution in [0.15, 0.2) is 36.4 Å². The summed E-state index contributed by atoms with van der Waals surface area (Å²) in [5.41, 5.74) is 1.09. The number of carbonyl (C=O) groups is 3. The molecule has 0 radical (unpaired) electrons. The van der Waals surface area contributed by atoms with Crippen LogP contribution < -0.4 is 10.1 Å². The third-order valence-corrected chi connectivity index (χ3v) is 3.79. The Bertz CT molecular complexity index is 875. The van der Waals surface area contributed by atoms with Crippen molar-refractivity contribution in [1.82, 2.24) is 4.90 Å². The first kappa shape index (κ1) is 15.5. The molecule has 0 aliphatic carbocycles. The fourth-order valence-electron chi connectivity index (χ4n) is 2.47. The highest BCUT2D eigenvalue weighted by Gasteiger charge is 2.33.